The van der Waals surface area contributed by atoms with E-state index in [1.807, 2.05) is 36.4 Å². The largest absolute Gasteiger partial charge is 0.507 e. The second-order valence-corrected chi connectivity index (χ2v) is 7.60. The quantitative estimate of drug-likeness (QED) is 0.353. The van der Waals surface area contributed by atoms with Crippen LogP contribution >= 0.6 is 15.9 Å². The monoisotopic (exact) mass is 432 g/mol. The zero-order valence-electron chi connectivity index (χ0n) is 15.3. The lowest BCUT2D eigenvalue weighted by Gasteiger charge is -2.13. The molecule has 0 spiro atoms. The minimum Gasteiger partial charge on any atom is -0.507 e. The van der Waals surface area contributed by atoms with Gasteiger partial charge in [-0.05, 0) is 41.8 Å². The summed E-state index contributed by atoms with van der Waals surface area (Å²) in [7, 11) is 0. The lowest BCUT2D eigenvalue weighted by atomic mass is 9.94. The van der Waals surface area contributed by atoms with E-state index in [2.05, 4.69) is 47.1 Å². The Morgan fingerprint density at radius 2 is 1.36 bits per heavy atom. The van der Waals surface area contributed by atoms with Gasteiger partial charge in [0.2, 0.25) is 0 Å². The fourth-order valence-corrected chi connectivity index (χ4v) is 3.90. The zero-order valence-corrected chi connectivity index (χ0v) is 16.9. The Hall–Kier alpha value is -2.91. The van der Waals surface area contributed by atoms with Crippen molar-refractivity contribution < 1.29 is 9.50 Å². The highest BCUT2D eigenvalue weighted by Gasteiger charge is 2.16. The standard InChI is InChI=1S/C25H18BrFO/c1-16-11-13-17(14-12-16)18-5-2-6-19(15-18)20-7-3-8-21(25(20)28)24-22(26)9-4-10-23(24)27/h2-15,28H,1H3. The first-order chi connectivity index (χ1) is 13.5. The van der Waals surface area contributed by atoms with Gasteiger partial charge < -0.3 is 5.11 Å². The van der Waals surface area contributed by atoms with Crippen molar-refractivity contribution in [2.45, 2.75) is 6.92 Å². The summed E-state index contributed by atoms with van der Waals surface area (Å²) in [6.07, 6.45) is 0. The highest BCUT2D eigenvalue weighted by molar-refractivity contribution is 9.10. The van der Waals surface area contributed by atoms with Gasteiger partial charge in [0.15, 0.2) is 0 Å². The topological polar surface area (TPSA) is 20.2 Å². The number of hydrogen-bond acceptors (Lipinski definition) is 1. The molecule has 0 atom stereocenters. The van der Waals surface area contributed by atoms with Crippen LogP contribution in [0.4, 0.5) is 4.39 Å². The summed E-state index contributed by atoms with van der Waals surface area (Å²) in [6, 6.07) is 26.5. The molecule has 4 rings (SSSR count). The molecule has 138 valence electrons. The van der Waals surface area contributed by atoms with E-state index >= 15 is 0 Å². The van der Waals surface area contributed by atoms with Crippen LogP contribution in [0.5, 0.6) is 5.75 Å². The third-order valence-corrected chi connectivity index (χ3v) is 5.49. The van der Waals surface area contributed by atoms with Crippen molar-refractivity contribution in [1.29, 1.82) is 0 Å². The van der Waals surface area contributed by atoms with E-state index in [0.29, 0.717) is 21.2 Å². The maximum absolute atomic E-state index is 14.4. The van der Waals surface area contributed by atoms with Crippen molar-refractivity contribution >= 4 is 15.9 Å². The van der Waals surface area contributed by atoms with E-state index in [9.17, 15) is 9.50 Å². The number of halogens is 2. The fourth-order valence-electron chi connectivity index (χ4n) is 3.35. The number of rotatable bonds is 3. The minimum atomic E-state index is -0.379. The van der Waals surface area contributed by atoms with Gasteiger partial charge >= 0.3 is 0 Å². The first kappa shape index (κ1) is 18.5. The molecule has 28 heavy (non-hydrogen) atoms. The lowest BCUT2D eigenvalue weighted by molar-refractivity contribution is 0.478. The Labute approximate surface area is 172 Å². The van der Waals surface area contributed by atoms with Crippen LogP contribution in [0.3, 0.4) is 0 Å². The molecular formula is C25H18BrFO. The van der Waals surface area contributed by atoms with Gasteiger partial charge in [-0.25, -0.2) is 4.39 Å². The molecule has 0 aromatic heterocycles. The van der Waals surface area contributed by atoms with Gasteiger partial charge in [0.05, 0.1) is 0 Å². The van der Waals surface area contributed by atoms with Crippen LogP contribution in [0.15, 0.2) is 89.4 Å². The first-order valence-corrected chi connectivity index (χ1v) is 9.78. The van der Waals surface area contributed by atoms with Gasteiger partial charge in [0, 0.05) is 21.2 Å². The van der Waals surface area contributed by atoms with Crippen LogP contribution in [0.25, 0.3) is 33.4 Å². The van der Waals surface area contributed by atoms with Crippen molar-refractivity contribution in [3.05, 3.63) is 101 Å². The first-order valence-electron chi connectivity index (χ1n) is 8.98. The van der Waals surface area contributed by atoms with Crippen LogP contribution < -0.4 is 0 Å². The van der Waals surface area contributed by atoms with Crippen LogP contribution in [-0.2, 0) is 0 Å². The molecule has 0 aliphatic rings. The summed E-state index contributed by atoms with van der Waals surface area (Å²) in [5, 5.41) is 11.0. The normalized spacial score (nSPS) is 10.8. The molecule has 1 nitrogen and oxygen atoms in total. The van der Waals surface area contributed by atoms with Crippen LogP contribution in [-0.4, -0.2) is 5.11 Å². The molecule has 0 aliphatic carbocycles. The molecular weight excluding hydrogens is 415 g/mol. The molecule has 0 saturated heterocycles. The molecule has 0 saturated carbocycles. The summed E-state index contributed by atoms with van der Waals surface area (Å²) in [6.45, 7) is 2.06. The summed E-state index contributed by atoms with van der Waals surface area (Å²) < 4.78 is 15.0. The number of phenols is 1. The third-order valence-electron chi connectivity index (χ3n) is 4.83. The van der Waals surface area contributed by atoms with Gasteiger partial charge in [-0.2, -0.15) is 0 Å². The number of aryl methyl sites for hydroxylation is 1. The van der Waals surface area contributed by atoms with Crippen molar-refractivity contribution in [1.82, 2.24) is 0 Å². The van der Waals surface area contributed by atoms with E-state index in [1.165, 1.54) is 11.6 Å². The van der Waals surface area contributed by atoms with Crippen LogP contribution in [0.2, 0.25) is 0 Å². The number of para-hydroxylation sites is 1. The van der Waals surface area contributed by atoms with Crippen molar-refractivity contribution in [3.63, 3.8) is 0 Å². The van der Waals surface area contributed by atoms with E-state index in [1.54, 1.807) is 18.2 Å². The molecule has 0 heterocycles. The van der Waals surface area contributed by atoms with Gasteiger partial charge in [-0.15, -0.1) is 0 Å². The molecule has 0 fully saturated rings. The van der Waals surface area contributed by atoms with Crippen molar-refractivity contribution in [3.8, 4) is 39.1 Å². The highest BCUT2D eigenvalue weighted by Crippen LogP contribution is 2.42. The molecule has 0 radical (unpaired) electrons. The zero-order chi connectivity index (χ0) is 19.7. The molecule has 0 bridgehead atoms. The molecule has 1 N–H and O–H groups in total. The van der Waals surface area contributed by atoms with Crippen molar-refractivity contribution in [2.24, 2.45) is 0 Å². The summed E-state index contributed by atoms with van der Waals surface area (Å²) in [5.74, 6) is -0.315. The van der Waals surface area contributed by atoms with Gasteiger partial charge in [0.25, 0.3) is 0 Å². The molecule has 3 heteroatoms. The average molecular weight is 433 g/mol. The fraction of sp³-hybridized carbons (Fsp3) is 0.0400. The van der Waals surface area contributed by atoms with Gasteiger partial charge in [-0.3, -0.25) is 0 Å². The van der Waals surface area contributed by atoms with Crippen LogP contribution in [0.1, 0.15) is 5.56 Å². The number of phenolic OH excluding ortho intramolecular Hbond substituents is 1. The summed E-state index contributed by atoms with van der Waals surface area (Å²) in [4.78, 5) is 0. The summed E-state index contributed by atoms with van der Waals surface area (Å²) >= 11 is 3.40. The predicted molar refractivity (Wildman–Crippen MR) is 117 cm³/mol. The Bertz CT molecular complexity index is 1130. The Balaban J connectivity index is 1.83. The van der Waals surface area contributed by atoms with Gasteiger partial charge in [0.1, 0.15) is 11.6 Å². The minimum absolute atomic E-state index is 0.0642. The molecule has 0 unspecified atom stereocenters. The second kappa shape index (κ2) is 7.61. The molecule has 0 amide bonds. The number of aromatic hydroxyl groups is 1. The average Bonchev–Trinajstić information content (AvgIpc) is 2.70. The van der Waals surface area contributed by atoms with Gasteiger partial charge in [-0.1, -0.05) is 88.2 Å². The SMILES string of the molecule is Cc1ccc(-c2cccc(-c3cccc(-c4c(F)cccc4Br)c3O)c2)cc1. The Morgan fingerprint density at radius 3 is 2.11 bits per heavy atom. The maximum Gasteiger partial charge on any atom is 0.132 e. The van der Waals surface area contributed by atoms with E-state index < -0.39 is 0 Å². The summed E-state index contributed by atoms with van der Waals surface area (Å²) in [5.41, 5.74) is 5.75. The Morgan fingerprint density at radius 1 is 0.714 bits per heavy atom. The van der Waals surface area contributed by atoms with Crippen LogP contribution in [0, 0.1) is 12.7 Å². The van der Waals surface area contributed by atoms with E-state index in [-0.39, 0.29) is 11.6 Å². The smallest absolute Gasteiger partial charge is 0.132 e. The third kappa shape index (κ3) is 3.46. The predicted octanol–water partition coefficient (Wildman–Crippen LogP) is 7.60. The second-order valence-electron chi connectivity index (χ2n) is 6.75. The molecule has 4 aromatic rings. The number of hydrogen-bond donors (Lipinski definition) is 1. The molecule has 0 aliphatic heterocycles. The molecule has 4 aromatic carbocycles. The lowest BCUT2D eigenvalue weighted by Crippen LogP contribution is -1.89. The highest BCUT2D eigenvalue weighted by atomic mass is 79.9. The van der Waals surface area contributed by atoms with E-state index in [0.717, 1.165) is 16.7 Å². The Kier molecular flexibility index (Phi) is 5.01. The van der Waals surface area contributed by atoms with Crippen molar-refractivity contribution in [2.75, 3.05) is 0 Å². The van der Waals surface area contributed by atoms with E-state index in [4.69, 9.17) is 0 Å². The number of benzene rings is 4. The maximum atomic E-state index is 14.4.